The zero-order chi connectivity index (χ0) is 14.8. The number of nitrogen functional groups attached to an aromatic ring is 1. The number of aromatic nitrogens is 3. The Balaban J connectivity index is 2.16. The van der Waals surface area contributed by atoms with Crippen molar-refractivity contribution in [2.75, 3.05) is 5.73 Å². The summed E-state index contributed by atoms with van der Waals surface area (Å²) in [5.74, 6) is 0.745. The SMILES string of the molecule is Cc1ncc(-c2nc(-c3ccccc3)c(N)cc2C)cn1. The van der Waals surface area contributed by atoms with Crippen LogP contribution in [-0.4, -0.2) is 15.0 Å². The van der Waals surface area contributed by atoms with Gasteiger partial charge in [0.25, 0.3) is 0 Å². The molecule has 0 bridgehead atoms. The van der Waals surface area contributed by atoms with Gasteiger partial charge in [0, 0.05) is 23.5 Å². The minimum absolute atomic E-state index is 0.676. The molecular formula is C17H16N4. The summed E-state index contributed by atoms with van der Waals surface area (Å²) in [7, 11) is 0. The van der Waals surface area contributed by atoms with Gasteiger partial charge in [0.1, 0.15) is 5.82 Å². The smallest absolute Gasteiger partial charge is 0.125 e. The van der Waals surface area contributed by atoms with E-state index in [-0.39, 0.29) is 0 Å². The zero-order valence-corrected chi connectivity index (χ0v) is 12.0. The van der Waals surface area contributed by atoms with E-state index >= 15 is 0 Å². The van der Waals surface area contributed by atoms with Crippen LogP contribution in [0.5, 0.6) is 0 Å². The van der Waals surface area contributed by atoms with Crippen LogP contribution in [0.2, 0.25) is 0 Å². The van der Waals surface area contributed by atoms with Gasteiger partial charge in [-0.05, 0) is 25.5 Å². The predicted octanol–water partition coefficient (Wildman–Crippen LogP) is 3.40. The van der Waals surface area contributed by atoms with Gasteiger partial charge in [0.05, 0.1) is 17.1 Å². The van der Waals surface area contributed by atoms with Crippen LogP contribution >= 0.6 is 0 Å². The first-order valence-electron chi connectivity index (χ1n) is 6.76. The third-order valence-corrected chi connectivity index (χ3v) is 3.34. The fourth-order valence-corrected chi connectivity index (χ4v) is 2.27. The Morgan fingerprint density at radius 1 is 0.857 bits per heavy atom. The highest BCUT2D eigenvalue weighted by Gasteiger charge is 2.11. The normalized spacial score (nSPS) is 10.6. The maximum Gasteiger partial charge on any atom is 0.125 e. The first-order chi connectivity index (χ1) is 10.1. The monoisotopic (exact) mass is 276 g/mol. The average molecular weight is 276 g/mol. The van der Waals surface area contributed by atoms with Gasteiger partial charge in [-0.25, -0.2) is 15.0 Å². The number of benzene rings is 1. The number of pyridine rings is 1. The molecule has 0 aliphatic rings. The van der Waals surface area contributed by atoms with E-state index in [1.165, 1.54) is 0 Å². The van der Waals surface area contributed by atoms with Crippen LogP contribution in [0.25, 0.3) is 22.5 Å². The summed E-state index contributed by atoms with van der Waals surface area (Å²) in [5, 5.41) is 0. The van der Waals surface area contributed by atoms with E-state index in [9.17, 15) is 0 Å². The Bertz CT molecular complexity index is 765. The second-order valence-electron chi connectivity index (χ2n) is 4.98. The van der Waals surface area contributed by atoms with E-state index in [0.717, 1.165) is 33.9 Å². The van der Waals surface area contributed by atoms with Gasteiger partial charge in [0.2, 0.25) is 0 Å². The number of nitrogens with two attached hydrogens (primary N) is 1. The molecule has 1 aromatic carbocycles. The lowest BCUT2D eigenvalue weighted by Gasteiger charge is -2.11. The molecule has 104 valence electrons. The van der Waals surface area contributed by atoms with Crippen molar-refractivity contribution in [3.8, 4) is 22.5 Å². The van der Waals surface area contributed by atoms with Gasteiger partial charge in [-0.3, -0.25) is 0 Å². The Morgan fingerprint density at radius 3 is 2.19 bits per heavy atom. The van der Waals surface area contributed by atoms with Crippen molar-refractivity contribution in [3.05, 3.63) is 60.2 Å². The van der Waals surface area contributed by atoms with Gasteiger partial charge in [-0.2, -0.15) is 0 Å². The lowest BCUT2D eigenvalue weighted by Crippen LogP contribution is -1.99. The summed E-state index contributed by atoms with van der Waals surface area (Å²) >= 11 is 0. The Morgan fingerprint density at radius 2 is 1.52 bits per heavy atom. The third-order valence-electron chi connectivity index (χ3n) is 3.34. The standard InChI is InChI=1S/C17H16N4/c1-11-8-15(18)17(13-6-4-3-5-7-13)21-16(11)14-9-19-12(2)20-10-14/h3-10H,18H2,1-2H3. The summed E-state index contributed by atoms with van der Waals surface area (Å²) in [5.41, 5.74) is 11.4. The van der Waals surface area contributed by atoms with E-state index in [1.807, 2.05) is 50.2 Å². The molecule has 0 saturated heterocycles. The molecule has 0 fully saturated rings. The number of rotatable bonds is 2. The molecule has 4 nitrogen and oxygen atoms in total. The van der Waals surface area contributed by atoms with Crippen molar-refractivity contribution in [3.63, 3.8) is 0 Å². The van der Waals surface area contributed by atoms with Crippen molar-refractivity contribution in [2.24, 2.45) is 0 Å². The van der Waals surface area contributed by atoms with E-state index in [2.05, 4.69) is 9.97 Å². The summed E-state index contributed by atoms with van der Waals surface area (Å²) in [6, 6.07) is 11.9. The van der Waals surface area contributed by atoms with E-state index in [4.69, 9.17) is 10.7 Å². The van der Waals surface area contributed by atoms with Crippen molar-refractivity contribution < 1.29 is 0 Å². The van der Waals surface area contributed by atoms with E-state index in [1.54, 1.807) is 12.4 Å². The number of aryl methyl sites for hydroxylation is 2. The van der Waals surface area contributed by atoms with Gasteiger partial charge in [-0.15, -0.1) is 0 Å². The predicted molar refractivity (Wildman–Crippen MR) is 84.6 cm³/mol. The second kappa shape index (κ2) is 5.32. The van der Waals surface area contributed by atoms with E-state index < -0.39 is 0 Å². The minimum atomic E-state index is 0.676. The molecule has 0 saturated carbocycles. The fraction of sp³-hybridized carbons (Fsp3) is 0.118. The molecule has 0 spiro atoms. The first kappa shape index (κ1) is 13.2. The Hall–Kier alpha value is -2.75. The summed E-state index contributed by atoms with van der Waals surface area (Å²) < 4.78 is 0. The number of anilines is 1. The van der Waals surface area contributed by atoms with E-state index in [0.29, 0.717) is 5.69 Å². The molecule has 2 heterocycles. The molecule has 0 aliphatic carbocycles. The molecule has 0 unspecified atom stereocenters. The van der Waals surface area contributed by atoms with Gasteiger partial charge < -0.3 is 5.73 Å². The molecule has 4 heteroatoms. The highest BCUT2D eigenvalue weighted by molar-refractivity contribution is 5.77. The summed E-state index contributed by atoms with van der Waals surface area (Å²) in [6.07, 6.45) is 3.59. The molecule has 3 aromatic rings. The summed E-state index contributed by atoms with van der Waals surface area (Å²) in [4.78, 5) is 13.2. The third kappa shape index (κ3) is 2.60. The second-order valence-corrected chi connectivity index (χ2v) is 4.98. The molecule has 3 rings (SSSR count). The molecule has 2 N–H and O–H groups in total. The first-order valence-corrected chi connectivity index (χ1v) is 6.76. The van der Waals surface area contributed by atoms with Crippen LogP contribution in [-0.2, 0) is 0 Å². The Kier molecular flexibility index (Phi) is 3.36. The number of hydrogen-bond acceptors (Lipinski definition) is 4. The average Bonchev–Trinajstić information content (AvgIpc) is 2.49. The summed E-state index contributed by atoms with van der Waals surface area (Å²) in [6.45, 7) is 3.86. The molecule has 0 amide bonds. The zero-order valence-electron chi connectivity index (χ0n) is 12.0. The van der Waals surface area contributed by atoms with Gasteiger partial charge >= 0.3 is 0 Å². The number of hydrogen-bond donors (Lipinski definition) is 1. The topological polar surface area (TPSA) is 64.7 Å². The molecule has 0 atom stereocenters. The van der Waals surface area contributed by atoms with Gasteiger partial charge in [0.15, 0.2) is 0 Å². The van der Waals surface area contributed by atoms with Crippen LogP contribution < -0.4 is 5.73 Å². The highest BCUT2D eigenvalue weighted by atomic mass is 14.9. The molecule has 21 heavy (non-hydrogen) atoms. The largest absolute Gasteiger partial charge is 0.397 e. The fourth-order valence-electron chi connectivity index (χ4n) is 2.27. The quantitative estimate of drug-likeness (QED) is 0.779. The Labute approximate surface area is 123 Å². The van der Waals surface area contributed by atoms with Crippen LogP contribution in [0.3, 0.4) is 0 Å². The lowest BCUT2D eigenvalue weighted by atomic mass is 10.0. The molecular weight excluding hydrogens is 260 g/mol. The van der Waals surface area contributed by atoms with Crippen LogP contribution in [0.15, 0.2) is 48.8 Å². The van der Waals surface area contributed by atoms with Crippen LogP contribution in [0.4, 0.5) is 5.69 Å². The lowest BCUT2D eigenvalue weighted by molar-refractivity contribution is 1.05. The van der Waals surface area contributed by atoms with Crippen molar-refractivity contribution in [1.82, 2.24) is 15.0 Å². The maximum absolute atomic E-state index is 6.13. The maximum atomic E-state index is 6.13. The van der Waals surface area contributed by atoms with Gasteiger partial charge in [-0.1, -0.05) is 30.3 Å². The minimum Gasteiger partial charge on any atom is -0.397 e. The molecule has 2 aromatic heterocycles. The van der Waals surface area contributed by atoms with Crippen molar-refractivity contribution in [1.29, 1.82) is 0 Å². The molecule has 0 aliphatic heterocycles. The van der Waals surface area contributed by atoms with Crippen LogP contribution in [0, 0.1) is 13.8 Å². The van der Waals surface area contributed by atoms with Crippen molar-refractivity contribution >= 4 is 5.69 Å². The van der Waals surface area contributed by atoms with Crippen molar-refractivity contribution in [2.45, 2.75) is 13.8 Å². The molecule has 0 radical (unpaired) electrons. The highest BCUT2D eigenvalue weighted by Crippen LogP contribution is 2.29. The number of nitrogens with zero attached hydrogens (tertiary/aromatic N) is 3. The van der Waals surface area contributed by atoms with Crippen LogP contribution in [0.1, 0.15) is 11.4 Å².